The van der Waals surface area contributed by atoms with Crippen LogP contribution in [0.4, 0.5) is 10.5 Å². The number of piperidine rings is 1. The Balaban J connectivity index is 1.11. The molecule has 3 heterocycles. The molecule has 0 aliphatic carbocycles. The van der Waals surface area contributed by atoms with E-state index in [-0.39, 0.29) is 6.03 Å². The van der Waals surface area contributed by atoms with Gasteiger partial charge in [0.05, 0.1) is 7.11 Å². The summed E-state index contributed by atoms with van der Waals surface area (Å²) in [5.41, 5.74) is 1.19. The summed E-state index contributed by atoms with van der Waals surface area (Å²) in [5, 5.41) is 8.33. The van der Waals surface area contributed by atoms with Crippen molar-refractivity contribution >= 4 is 23.1 Å². The third-order valence-corrected chi connectivity index (χ3v) is 7.33. The van der Waals surface area contributed by atoms with Gasteiger partial charge in [0.25, 0.3) is 0 Å². The largest absolute Gasteiger partial charge is 0.497 e. The number of amides is 2. The SMILES string of the molecule is COc1cccc(N2CCC(CNC(=O)NCC3CCN(Cc4cccs4)CC3)C2)c1. The second kappa shape index (κ2) is 10.9. The second-order valence-electron chi connectivity index (χ2n) is 8.69. The standard InChI is InChI=1S/C24H34N4O2S/c1-30-22-5-2-4-21(14-22)28-12-9-20(17-28)16-26-24(29)25-15-19-7-10-27(11-8-19)18-23-6-3-13-31-23/h2-6,13-14,19-20H,7-12,15-18H2,1H3,(H2,25,26,29). The van der Waals surface area contributed by atoms with Crippen molar-refractivity contribution in [3.05, 3.63) is 46.7 Å². The number of hydrogen-bond donors (Lipinski definition) is 2. The zero-order valence-corrected chi connectivity index (χ0v) is 19.2. The topological polar surface area (TPSA) is 56.8 Å². The highest BCUT2D eigenvalue weighted by Gasteiger charge is 2.24. The first-order chi connectivity index (χ1) is 15.2. The number of hydrogen-bond acceptors (Lipinski definition) is 5. The van der Waals surface area contributed by atoms with Crippen molar-refractivity contribution in [1.29, 1.82) is 0 Å². The van der Waals surface area contributed by atoms with Crippen LogP contribution in [-0.2, 0) is 6.54 Å². The number of likely N-dealkylation sites (tertiary alicyclic amines) is 1. The summed E-state index contributed by atoms with van der Waals surface area (Å²) in [6.45, 7) is 6.79. The first-order valence-corrected chi connectivity index (χ1v) is 12.2. The van der Waals surface area contributed by atoms with Gasteiger partial charge in [0.2, 0.25) is 0 Å². The summed E-state index contributed by atoms with van der Waals surface area (Å²) >= 11 is 1.83. The predicted molar refractivity (Wildman–Crippen MR) is 127 cm³/mol. The normalized spacial score (nSPS) is 20.0. The Morgan fingerprint density at radius 1 is 1.06 bits per heavy atom. The molecule has 2 aliphatic rings. The van der Waals surface area contributed by atoms with Gasteiger partial charge in [0.15, 0.2) is 0 Å². The maximum atomic E-state index is 12.3. The van der Waals surface area contributed by atoms with Crippen LogP contribution in [-0.4, -0.2) is 57.3 Å². The van der Waals surface area contributed by atoms with E-state index in [0.717, 1.165) is 70.8 Å². The van der Waals surface area contributed by atoms with Gasteiger partial charge in [-0.1, -0.05) is 12.1 Å². The highest BCUT2D eigenvalue weighted by atomic mass is 32.1. The summed E-state index contributed by atoms with van der Waals surface area (Å²) in [6.07, 6.45) is 3.41. The van der Waals surface area contributed by atoms with Gasteiger partial charge in [-0.25, -0.2) is 4.79 Å². The Hall–Kier alpha value is -2.25. The molecule has 168 valence electrons. The molecule has 0 spiro atoms. The molecule has 2 aromatic rings. The van der Waals surface area contributed by atoms with Gasteiger partial charge in [-0.15, -0.1) is 11.3 Å². The molecule has 2 fully saturated rings. The molecule has 2 saturated heterocycles. The lowest BCUT2D eigenvalue weighted by atomic mass is 9.97. The number of carbonyl (C=O) groups excluding carboxylic acids is 1. The smallest absolute Gasteiger partial charge is 0.314 e. The van der Waals surface area contributed by atoms with Gasteiger partial charge in [-0.2, -0.15) is 0 Å². The number of benzene rings is 1. The molecule has 2 N–H and O–H groups in total. The molecule has 2 amide bonds. The van der Waals surface area contributed by atoms with Crippen LogP contribution in [0.5, 0.6) is 5.75 Å². The van der Waals surface area contributed by atoms with E-state index in [0.29, 0.717) is 11.8 Å². The first kappa shape index (κ1) is 22.0. The Morgan fingerprint density at radius 3 is 2.58 bits per heavy atom. The van der Waals surface area contributed by atoms with Crippen molar-refractivity contribution in [2.45, 2.75) is 25.8 Å². The molecule has 1 aromatic heterocycles. The van der Waals surface area contributed by atoms with Crippen molar-refractivity contribution in [2.75, 3.05) is 51.3 Å². The van der Waals surface area contributed by atoms with E-state index < -0.39 is 0 Å². The van der Waals surface area contributed by atoms with Gasteiger partial charge in [-0.3, -0.25) is 4.90 Å². The van der Waals surface area contributed by atoms with Gasteiger partial charge >= 0.3 is 6.03 Å². The number of methoxy groups -OCH3 is 1. The third kappa shape index (κ3) is 6.37. The number of nitrogens with one attached hydrogen (secondary N) is 2. The Morgan fingerprint density at radius 2 is 1.84 bits per heavy atom. The minimum Gasteiger partial charge on any atom is -0.497 e. The van der Waals surface area contributed by atoms with Crippen molar-refractivity contribution in [3.8, 4) is 5.75 Å². The molecule has 1 unspecified atom stereocenters. The molecule has 7 heteroatoms. The van der Waals surface area contributed by atoms with Crippen LogP contribution < -0.4 is 20.3 Å². The lowest BCUT2D eigenvalue weighted by molar-refractivity contribution is 0.176. The van der Waals surface area contributed by atoms with E-state index in [1.165, 1.54) is 10.6 Å². The number of nitrogens with zero attached hydrogens (tertiary/aromatic N) is 2. The van der Waals surface area contributed by atoms with Crippen LogP contribution in [0.2, 0.25) is 0 Å². The van der Waals surface area contributed by atoms with Crippen molar-refractivity contribution in [3.63, 3.8) is 0 Å². The highest BCUT2D eigenvalue weighted by Crippen LogP contribution is 2.26. The Bertz CT molecular complexity index is 821. The van der Waals surface area contributed by atoms with Gasteiger partial charge in [-0.05, 0) is 67.8 Å². The quantitative estimate of drug-likeness (QED) is 0.653. The van der Waals surface area contributed by atoms with Crippen LogP contribution in [0.25, 0.3) is 0 Å². The Kier molecular flexibility index (Phi) is 7.70. The highest BCUT2D eigenvalue weighted by molar-refractivity contribution is 7.09. The van der Waals surface area contributed by atoms with Crippen LogP contribution in [0, 0.1) is 11.8 Å². The van der Waals surface area contributed by atoms with Gasteiger partial charge < -0.3 is 20.3 Å². The fraction of sp³-hybridized carbons (Fsp3) is 0.542. The van der Waals surface area contributed by atoms with Gasteiger partial charge in [0, 0.05) is 49.4 Å². The Labute approximate surface area is 189 Å². The summed E-state index contributed by atoms with van der Waals surface area (Å²) in [6, 6.07) is 12.5. The lowest BCUT2D eigenvalue weighted by Crippen LogP contribution is -2.43. The monoisotopic (exact) mass is 442 g/mol. The second-order valence-corrected chi connectivity index (χ2v) is 9.72. The zero-order valence-electron chi connectivity index (χ0n) is 18.4. The summed E-state index contributed by atoms with van der Waals surface area (Å²) < 4.78 is 5.33. The molecule has 6 nitrogen and oxygen atoms in total. The van der Waals surface area contributed by atoms with Crippen LogP contribution in [0.15, 0.2) is 41.8 Å². The van der Waals surface area contributed by atoms with E-state index in [4.69, 9.17) is 4.74 Å². The molecular formula is C24H34N4O2S. The minimum atomic E-state index is -0.0270. The van der Waals surface area contributed by atoms with Crippen LogP contribution in [0.1, 0.15) is 24.1 Å². The molecule has 0 saturated carbocycles. The number of thiophene rings is 1. The molecular weight excluding hydrogens is 408 g/mol. The van der Waals surface area contributed by atoms with Crippen LogP contribution in [0.3, 0.4) is 0 Å². The average Bonchev–Trinajstić information content (AvgIpc) is 3.49. The predicted octanol–water partition coefficient (Wildman–Crippen LogP) is 3.79. The summed E-state index contributed by atoms with van der Waals surface area (Å²) in [4.78, 5) is 18.6. The number of urea groups is 1. The maximum absolute atomic E-state index is 12.3. The van der Waals surface area contributed by atoms with Crippen molar-refractivity contribution in [1.82, 2.24) is 15.5 Å². The van der Waals surface area contributed by atoms with E-state index in [1.54, 1.807) is 7.11 Å². The number of anilines is 1. The molecule has 0 bridgehead atoms. The number of carbonyl (C=O) groups is 1. The average molecular weight is 443 g/mol. The molecule has 1 atom stereocenters. The molecule has 4 rings (SSSR count). The lowest BCUT2D eigenvalue weighted by Gasteiger charge is -2.31. The fourth-order valence-electron chi connectivity index (χ4n) is 4.55. The zero-order chi connectivity index (χ0) is 21.5. The van der Waals surface area contributed by atoms with E-state index in [1.807, 2.05) is 23.5 Å². The minimum absolute atomic E-state index is 0.0270. The molecule has 0 radical (unpaired) electrons. The van der Waals surface area contributed by atoms with Gasteiger partial charge in [0.1, 0.15) is 5.75 Å². The third-order valence-electron chi connectivity index (χ3n) is 6.47. The van der Waals surface area contributed by atoms with E-state index in [2.05, 4.69) is 50.1 Å². The molecule has 2 aliphatic heterocycles. The van der Waals surface area contributed by atoms with Crippen molar-refractivity contribution < 1.29 is 9.53 Å². The van der Waals surface area contributed by atoms with E-state index >= 15 is 0 Å². The number of ether oxygens (including phenoxy) is 1. The summed E-state index contributed by atoms with van der Waals surface area (Å²) in [7, 11) is 1.70. The van der Waals surface area contributed by atoms with Crippen LogP contribution >= 0.6 is 11.3 Å². The number of rotatable bonds is 8. The molecule has 31 heavy (non-hydrogen) atoms. The fourth-order valence-corrected chi connectivity index (χ4v) is 5.30. The first-order valence-electron chi connectivity index (χ1n) is 11.3. The maximum Gasteiger partial charge on any atom is 0.314 e. The van der Waals surface area contributed by atoms with E-state index in [9.17, 15) is 4.79 Å². The summed E-state index contributed by atoms with van der Waals surface area (Å²) in [5.74, 6) is 1.95. The van der Waals surface area contributed by atoms with Crippen molar-refractivity contribution in [2.24, 2.45) is 11.8 Å². The molecule has 1 aromatic carbocycles.